The fraction of sp³-hybridized carbons (Fsp3) is 0.400. The molecule has 0 amide bonds. The highest BCUT2D eigenvalue weighted by Crippen LogP contribution is 2.29. The normalized spacial score (nSPS) is 10.0. The summed E-state index contributed by atoms with van der Waals surface area (Å²) >= 11 is 11.1. The number of rotatable bonds is 8. The van der Waals surface area contributed by atoms with Gasteiger partial charge >= 0.3 is 0 Å². The van der Waals surface area contributed by atoms with E-state index in [-0.39, 0.29) is 4.49 Å². The van der Waals surface area contributed by atoms with Crippen LogP contribution in [-0.4, -0.2) is 19.5 Å². The molecule has 0 atom stereocenters. The zero-order chi connectivity index (χ0) is 15.0. The molecule has 20 heavy (non-hydrogen) atoms. The third kappa shape index (κ3) is 5.43. The molecule has 0 N–H and O–H groups in total. The second-order valence-corrected chi connectivity index (χ2v) is 5.20. The minimum atomic E-state index is 0.186. The molecule has 0 spiro atoms. The molecule has 3 nitrogen and oxygen atoms in total. The number of carbonyl (C=O) groups is 1. The van der Waals surface area contributed by atoms with Crippen LogP contribution in [0.3, 0.4) is 0 Å². The minimum absolute atomic E-state index is 0.186. The van der Waals surface area contributed by atoms with Crippen molar-refractivity contribution in [2.75, 3.05) is 13.2 Å². The molecule has 1 rings (SSSR count). The average Bonchev–Trinajstić information content (AvgIpc) is 2.40. The number of ether oxygens (including phenoxy) is 2. The summed E-state index contributed by atoms with van der Waals surface area (Å²) < 4.78 is 11.4. The standard InChI is InChI=1S/C15H18Cl2O3/c1-3-12-10-13(19-8-5-14(16)17)9-11(2)15(12)20-7-4-6-18/h5-6,9-10H,3-4,7-8H2,1-2H3. The van der Waals surface area contributed by atoms with Crippen molar-refractivity contribution >= 4 is 29.5 Å². The first-order valence-electron chi connectivity index (χ1n) is 6.42. The van der Waals surface area contributed by atoms with Gasteiger partial charge < -0.3 is 14.3 Å². The maximum atomic E-state index is 10.3. The monoisotopic (exact) mass is 316 g/mol. The molecule has 110 valence electrons. The Morgan fingerprint density at radius 2 is 2.05 bits per heavy atom. The Hall–Kier alpha value is -1.19. The van der Waals surface area contributed by atoms with Gasteiger partial charge in [-0.3, -0.25) is 0 Å². The highest BCUT2D eigenvalue weighted by molar-refractivity contribution is 6.55. The molecule has 0 heterocycles. The second-order valence-electron chi connectivity index (χ2n) is 4.19. The molecular weight excluding hydrogens is 299 g/mol. The number of benzene rings is 1. The fourth-order valence-corrected chi connectivity index (χ4v) is 1.90. The summed E-state index contributed by atoms with van der Waals surface area (Å²) in [5, 5.41) is 0. The summed E-state index contributed by atoms with van der Waals surface area (Å²) in [5.41, 5.74) is 2.03. The van der Waals surface area contributed by atoms with Gasteiger partial charge in [0.15, 0.2) is 0 Å². The zero-order valence-corrected chi connectivity index (χ0v) is 13.1. The van der Waals surface area contributed by atoms with Crippen molar-refractivity contribution in [1.82, 2.24) is 0 Å². The first-order valence-corrected chi connectivity index (χ1v) is 7.18. The predicted octanol–water partition coefficient (Wildman–Crippen LogP) is 4.22. The Morgan fingerprint density at radius 3 is 2.65 bits per heavy atom. The molecule has 0 aliphatic heterocycles. The van der Waals surface area contributed by atoms with Crippen LogP contribution >= 0.6 is 23.2 Å². The Bertz CT molecular complexity index is 480. The SMILES string of the molecule is CCc1cc(OCC=C(Cl)Cl)cc(C)c1OCCC=O. The van der Waals surface area contributed by atoms with Gasteiger partial charge in [-0.15, -0.1) is 0 Å². The Labute approximate surface area is 129 Å². The molecule has 0 aliphatic carbocycles. The van der Waals surface area contributed by atoms with Gasteiger partial charge in [-0.2, -0.15) is 0 Å². The van der Waals surface area contributed by atoms with Gasteiger partial charge in [0.1, 0.15) is 28.9 Å². The lowest BCUT2D eigenvalue weighted by Gasteiger charge is -2.15. The molecule has 1 aromatic carbocycles. The van der Waals surface area contributed by atoms with Gasteiger partial charge in [0.05, 0.1) is 6.61 Å². The molecule has 0 aliphatic rings. The maximum Gasteiger partial charge on any atom is 0.125 e. The Kier molecular flexibility index (Phi) is 7.48. The van der Waals surface area contributed by atoms with E-state index in [0.29, 0.717) is 19.6 Å². The first kappa shape index (κ1) is 16.9. The molecular formula is C15H18Cl2O3. The van der Waals surface area contributed by atoms with E-state index in [1.54, 1.807) is 6.08 Å². The lowest BCUT2D eigenvalue weighted by atomic mass is 10.1. The third-order valence-electron chi connectivity index (χ3n) is 2.68. The van der Waals surface area contributed by atoms with Crippen LogP contribution in [0.15, 0.2) is 22.7 Å². The van der Waals surface area contributed by atoms with Gasteiger partial charge in [-0.1, -0.05) is 30.1 Å². The number of carbonyl (C=O) groups excluding carboxylic acids is 1. The van der Waals surface area contributed by atoms with Gasteiger partial charge in [0.2, 0.25) is 0 Å². The second kappa shape index (κ2) is 8.88. The molecule has 0 saturated heterocycles. The summed E-state index contributed by atoms with van der Waals surface area (Å²) in [6.07, 6.45) is 3.64. The van der Waals surface area contributed by atoms with Gasteiger partial charge in [0, 0.05) is 6.42 Å². The van der Waals surface area contributed by atoms with Crippen LogP contribution in [-0.2, 0) is 11.2 Å². The number of aldehydes is 1. The number of aryl methyl sites for hydroxylation is 2. The third-order valence-corrected chi connectivity index (χ3v) is 2.98. The largest absolute Gasteiger partial charge is 0.493 e. The highest BCUT2D eigenvalue weighted by Gasteiger charge is 2.09. The number of hydrogen-bond donors (Lipinski definition) is 0. The smallest absolute Gasteiger partial charge is 0.125 e. The summed E-state index contributed by atoms with van der Waals surface area (Å²) in [6.45, 7) is 4.70. The van der Waals surface area contributed by atoms with Gasteiger partial charge in [0.25, 0.3) is 0 Å². The summed E-state index contributed by atoms with van der Waals surface area (Å²) in [7, 11) is 0. The van der Waals surface area contributed by atoms with E-state index in [0.717, 1.165) is 35.3 Å². The summed E-state index contributed by atoms with van der Waals surface area (Å²) in [5.74, 6) is 1.57. The van der Waals surface area contributed by atoms with E-state index < -0.39 is 0 Å². The van der Waals surface area contributed by atoms with Crippen molar-refractivity contribution in [3.8, 4) is 11.5 Å². The van der Waals surface area contributed by atoms with Gasteiger partial charge in [-0.25, -0.2) is 0 Å². The van der Waals surface area contributed by atoms with Crippen molar-refractivity contribution in [2.24, 2.45) is 0 Å². The number of halogens is 2. The topological polar surface area (TPSA) is 35.5 Å². The molecule has 0 fully saturated rings. The number of hydrogen-bond acceptors (Lipinski definition) is 3. The van der Waals surface area contributed by atoms with Crippen LogP contribution in [0.5, 0.6) is 11.5 Å². The van der Waals surface area contributed by atoms with Gasteiger partial charge in [-0.05, 0) is 42.7 Å². The van der Waals surface area contributed by atoms with Crippen LogP contribution < -0.4 is 9.47 Å². The lowest BCUT2D eigenvalue weighted by molar-refractivity contribution is -0.108. The van der Waals surface area contributed by atoms with Crippen molar-refractivity contribution in [1.29, 1.82) is 0 Å². The summed E-state index contributed by atoms with van der Waals surface area (Å²) in [4.78, 5) is 10.3. The molecule has 0 radical (unpaired) electrons. The van der Waals surface area contributed by atoms with Crippen LogP contribution in [0.1, 0.15) is 24.5 Å². The van der Waals surface area contributed by atoms with E-state index >= 15 is 0 Å². The van der Waals surface area contributed by atoms with E-state index in [1.165, 1.54) is 0 Å². The minimum Gasteiger partial charge on any atom is -0.493 e. The van der Waals surface area contributed by atoms with Crippen LogP contribution in [0.4, 0.5) is 0 Å². The predicted molar refractivity (Wildman–Crippen MR) is 82.0 cm³/mol. The van der Waals surface area contributed by atoms with Crippen LogP contribution in [0.25, 0.3) is 0 Å². The van der Waals surface area contributed by atoms with Crippen molar-refractivity contribution in [3.05, 3.63) is 33.8 Å². The Balaban J connectivity index is 2.83. The Morgan fingerprint density at radius 1 is 1.30 bits per heavy atom. The van der Waals surface area contributed by atoms with Crippen molar-refractivity contribution in [3.63, 3.8) is 0 Å². The maximum absolute atomic E-state index is 10.3. The quantitative estimate of drug-likeness (QED) is 0.532. The van der Waals surface area contributed by atoms with E-state index in [2.05, 4.69) is 0 Å². The van der Waals surface area contributed by atoms with Crippen molar-refractivity contribution < 1.29 is 14.3 Å². The van der Waals surface area contributed by atoms with Crippen LogP contribution in [0, 0.1) is 6.92 Å². The molecule has 0 bridgehead atoms. The van der Waals surface area contributed by atoms with E-state index in [4.69, 9.17) is 32.7 Å². The molecule has 0 saturated carbocycles. The van der Waals surface area contributed by atoms with E-state index in [1.807, 2.05) is 26.0 Å². The first-order chi connectivity index (χ1) is 9.58. The van der Waals surface area contributed by atoms with Crippen LogP contribution in [0.2, 0.25) is 0 Å². The van der Waals surface area contributed by atoms with Crippen molar-refractivity contribution in [2.45, 2.75) is 26.7 Å². The van der Waals surface area contributed by atoms with E-state index in [9.17, 15) is 4.79 Å². The molecule has 0 unspecified atom stereocenters. The average molecular weight is 317 g/mol. The summed E-state index contributed by atoms with van der Waals surface area (Å²) in [6, 6.07) is 3.82. The molecule has 0 aromatic heterocycles. The molecule has 1 aromatic rings. The zero-order valence-electron chi connectivity index (χ0n) is 11.6. The lowest BCUT2D eigenvalue weighted by Crippen LogP contribution is -2.03. The molecule has 5 heteroatoms. The highest BCUT2D eigenvalue weighted by atomic mass is 35.5. The fourth-order valence-electron chi connectivity index (χ4n) is 1.77.